The number of rotatable bonds is 5. The molecule has 0 saturated carbocycles. The van der Waals surface area contributed by atoms with Crippen LogP contribution in [0.25, 0.3) is 0 Å². The fourth-order valence-corrected chi connectivity index (χ4v) is 3.06. The molecule has 3 rings (SSSR count). The van der Waals surface area contributed by atoms with Crippen molar-refractivity contribution in [1.82, 2.24) is 5.32 Å². The van der Waals surface area contributed by atoms with Gasteiger partial charge in [-0.1, -0.05) is 30.3 Å². The minimum Gasteiger partial charge on any atom is -0.445 e. The predicted octanol–water partition coefficient (Wildman–Crippen LogP) is 2.85. The minimum atomic E-state index is -0.759. The van der Waals surface area contributed by atoms with Crippen molar-refractivity contribution in [3.8, 4) is 0 Å². The van der Waals surface area contributed by atoms with Crippen LogP contribution in [0.5, 0.6) is 0 Å². The summed E-state index contributed by atoms with van der Waals surface area (Å²) in [6.45, 7) is 3.91. The number of anilines is 2. The third-order valence-electron chi connectivity index (χ3n) is 4.56. The molecule has 146 valence electrons. The lowest BCUT2D eigenvalue weighted by atomic mass is 10.1. The van der Waals surface area contributed by atoms with Crippen molar-refractivity contribution in [3.05, 3.63) is 59.7 Å². The first-order chi connectivity index (χ1) is 13.4. The number of fused-ring (bicyclic) bond motifs is 1. The Morgan fingerprint density at radius 2 is 1.89 bits per heavy atom. The fraction of sp³-hybridized carbons (Fsp3) is 0.286. The van der Waals surface area contributed by atoms with Gasteiger partial charge in [0, 0.05) is 24.8 Å². The summed E-state index contributed by atoms with van der Waals surface area (Å²) in [5.74, 6) is -0.347. The highest BCUT2D eigenvalue weighted by Gasteiger charge is 2.23. The van der Waals surface area contributed by atoms with E-state index in [1.165, 1.54) is 6.92 Å². The highest BCUT2D eigenvalue weighted by molar-refractivity contribution is 5.98. The van der Waals surface area contributed by atoms with Gasteiger partial charge in [-0.3, -0.25) is 9.59 Å². The molecule has 2 aromatic carbocycles. The van der Waals surface area contributed by atoms with Gasteiger partial charge < -0.3 is 20.3 Å². The molecular formula is C21H23N3O4. The molecule has 2 N–H and O–H groups in total. The van der Waals surface area contributed by atoms with Crippen LogP contribution in [-0.4, -0.2) is 30.5 Å². The highest BCUT2D eigenvalue weighted by atomic mass is 16.5. The average molecular weight is 381 g/mol. The Labute approximate surface area is 163 Å². The molecule has 1 heterocycles. The summed E-state index contributed by atoms with van der Waals surface area (Å²) < 4.78 is 5.13. The van der Waals surface area contributed by atoms with Gasteiger partial charge >= 0.3 is 6.09 Å². The summed E-state index contributed by atoms with van der Waals surface area (Å²) in [6, 6.07) is 14.0. The van der Waals surface area contributed by atoms with Crippen molar-refractivity contribution in [3.63, 3.8) is 0 Å². The number of alkyl carbamates (subject to hydrolysis) is 1. The van der Waals surface area contributed by atoms with E-state index in [0.29, 0.717) is 12.2 Å². The van der Waals surface area contributed by atoms with Crippen LogP contribution in [0.1, 0.15) is 25.0 Å². The number of ether oxygens (including phenoxy) is 1. The summed E-state index contributed by atoms with van der Waals surface area (Å²) in [5.41, 5.74) is 3.38. The molecule has 2 aromatic rings. The number of amides is 3. The molecule has 7 nitrogen and oxygen atoms in total. The molecule has 0 fully saturated rings. The van der Waals surface area contributed by atoms with Crippen molar-refractivity contribution < 1.29 is 19.1 Å². The van der Waals surface area contributed by atoms with Crippen molar-refractivity contribution in [2.45, 2.75) is 32.9 Å². The first-order valence-corrected chi connectivity index (χ1v) is 9.13. The standard InChI is InChI=1S/C21H23N3O4/c1-14(22-21(27)28-13-16-6-4-3-5-7-16)20(26)23-18-8-9-19-17(12-18)10-11-24(19)15(2)25/h3-9,12,14H,10-11,13H2,1-2H3,(H,22,27)(H,23,26). The van der Waals surface area contributed by atoms with Crippen LogP contribution < -0.4 is 15.5 Å². The fourth-order valence-electron chi connectivity index (χ4n) is 3.06. The monoisotopic (exact) mass is 381 g/mol. The van der Waals surface area contributed by atoms with Crippen molar-refractivity contribution in [2.24, 2.45) is 0 Å². The zero-order chi connectivity index (χ0) is 20.1. The van der Waals surface area contributed by atoms with Crippen LogP contribution in [0.4, 0.5) is 16.2 Å². The number of hydrogen-bond donors (Lipinski definition) is 2. The van der Waals surface area contributed by atoms with Gasteiger partial charge in [0.1, 0.15) is 12.6 Å². The second-order valence-corrected chi connectivity index (χ2v) is 6.68. The predicted molar refractivity (Wildman–Crippen MR) is 106 cm³/mol. The summed E-state index contributed by atoms with van der Waals surface area (Å²) in [6.07, 6.45) is 0.0932. The van der Waals surface area contributed by atoms with E-state index in [-0.39, 0.29) is 18.4 Å². The molecule has 0 aliphatic carbocycles. The van der Waals surface area contributed by atoms with Crippen LogP contribution in [0.15, 0.2) is 48.5 Å². The lowest BCUT2D eigenvalue weighted by molar-refractivity contribution is -0.118. The second-order valence-electron chi connectivity index (χ2n) is 6.68. The summed E-state index contributed by atoms with van der Waals surface area (Å²) >= 11 is 0. The maximum atomic E-state index is 12.3. The second kappa shape index (κ2) is 8.56. The zero-order valence-corrected chi connectivity index (χ0v) is 15.9. The first kappa shape index (κ1) is 19.4. The molecule has 0 spiro atoms. The van der Waals surface area contributed by atoms with Gasteiger partial charge in [0.15, 0.2) is 0 Å². The summed E-state index contributed by atoms with van der Waals surface area (Å²) in [5, 5.41) is 5.30. The molecule has 3 amide bonds. The van der Waals surface area contributed by atoms with Gasteiger partial charge in [0.2, 0.25) is 11.8 Å². The Balaban J connectivity index is 1.51. The van der Waals surface area contributed by atoms with E-state index in [0.717, 1.165) is 23.2 Å². The van der Waals surface area contributed by atoms with Crippen LogP contribution in [0.2, 0.25) is 0 Å². The van der Waals surface area contributed by atoms with Gasteiger partial charge in [-0.05, 0) is 42.7 Å². The maximum absolute atomic E-state index is 12.3. The maximum Gasteiger partial charge on any atom is 0.408 e. The van der Waals surface area contributed by atoms with Crippen LogP contribution in [-0.2, 0) is 27.4 Å². The van der Waals surface area contributed by atoms with Crippen LogP contribution in [0, 0.1) is 0 Å². The number of nitrogens with zero attached hydrogens (tertiary/aromatic N) is 1. The SMILES string of the molecule is CC(=O)N1CCc2cc(NC(=O)C(C)NC(=O)OCc3ccccc3)ccc21. The third-order valence-corrected chi connectivity index (χ3v) is 4.56. The molecule has 0 saturated heterocycles. The first-order valence-electron chi connectivity index (χ1n) is 9.13. The quantitative estimate of drug-likeness (QED) is 0.834. The summed E-state index contributed by atoms with van der Waals surface area (Å²) in [4.78, 5) is 37.6. The van der Waals surface area contributed by atoms with E-state index in [4.69, 9.17) is 4.74 Å². The van der Waals surface area contributed by atoms with E-state index in [9.17, 15) is 14.4 Å². The van der Waals surface area contributed by atoms with Gasteiger partial charge in [-0.25, -0.2) is 4.79 Å². The largest absolute Gasteiger partial charge is 0.445 e. The highest BCUT2D eigenvalue weighted by Crippen LogP contribution is 2.30. The Morgan fingerprint density at radius 3 is 2.61 bits per heavy atom. The molecule has 1 atom stereocenters. The molecule has 0 bridgehead atoms. The number of carbonyl (C=O) groups excluding carboxylic acids is 3. The smallest absolute Gasteiger partial charge is 0.408 e. The molecule has 28 heavy (non-hydrogen) atoms. The molecule has 0 aromatic heterocycles. The van der Waals surface area contributed by atoms with Crippen molar-refractivity contribution >= 4 is 29.3 Å². The Bertz CT molecular complexity index is 882. The van der Waals surface area contributed by atoms with Gasteiger partial charge in [-0.15, -0.1) is 0 Å². The Morgan fingerprint density at radius 1 is 1.14 bits per heavy atom. The molecule has 1 aliphatic heterocycles. The average Bonchev–Trinajstić information content (AvgIpc) is 3.10. The Hall–Kier alpha value is -3.35. The number of carbonyl (C=O) groups is 3. The molecular weight excluding hydrogens is 358 g/mol. The van der Waals surface area contributed by atoms with E-state index in [1.54, 1.807) is 17.9 Å². The van der Waals surface area contributed by atoms with Crippen LogP contribution >= 0.6 is 0 Å². The molecule has 0 radical (unpaired) electrons. The number of hydrogen-bond acceptors (Lipinski definition) is 4. The normalized spacial score (nSPS) is 13.4. The topological polar surface area (TPSA) is 87.7 Å². The lowest BCUT2D eigenvalue weighted by Crippen LogP contribution is -2.41. The lowest BCUT2D eigenvalue weighted by Gasteiger charge is -2.16. The third kappa shape index (κ3) is 4.68. The molecule has 1 aliphatic rings. The van der Waals surface area contributed by atoms with Gasteiger partial charge in [-0.2, -0.15) is 0 Å². The summed E-state index contributed by atoms with van der Waals surface area (Å²) in [7, 11) is 0. The Kier molecular flexibility index (Phi) is 5.93. The number of benzene rings is 2. The van der Waals surface area contributed by atoms with E-state index in [1.807, 2.05) is 42.5 Å². The van der Waals surface area contributed by atoms with Crippen molar-refractivity contribution in [2.75, 3.05) is 16.8 Å². The van der Waals surface area contributed by atoms with Crippen LogP contribution in [0.3, 0.4) is 0 Å². The van der Waals surface area contributed by atoms with Gasteiger partial charge in [0.25, 0.3) is 0 Å². The number of nitrogens with one attached hydrogen (secondary N) is 2. The zero-order valence-electron chi connectivity index (χ0n) is 15.9. The van der Waals surface area contributed by atoms with Gasteiger partial charge in [0.05, 0.1) is 0 Å². The van der Waals surface area contributed by atoms with Crippen molar-refractivity contribution in [1.29, 1.82) is 0 Å². The van der Waals surface area contributed by atoms with E-state index < -0.39 is 12.1 Å². The molecule has 1 unspecified atom stereocenters. The van der Waals surface area contributed by atoms with E-state index in [2.05, 4.69) is 10.6 Å². The molecule has 7 heteroatoms. The minimum absolute atomic E-state index is 0.00220. The van der Waals surface area contributed by atoms with E-state index >= 15 is 0 Å².